The maximum absolute atomic E-state index is 12.6. The Kier molecular flexibility index (Phi) is 4.37. The third-order valence-corrected chi connectivity index (χ3v) is 4.73. The van der Waals surface area contributed by atoms with Crippen molar-refractivity contribution in [2.45, 2.75) is 0 Å². The summed E-state index contributed by atoms with van der Waals surface area (Å²) in [6.07, 6.45) is 0. The smallest absolute Gasteiger partial charge is 0.204 e. The summed E-state index contributed by atoms with van der Waals surface area (Å²) in [6, 6.07) is 10.2. The fourth-order valence-electron chi connectivity index (χ4n) is 3.40. The van der Waals surface area contributed by atoms with Crippen LogP contribution in [0.25, 0.3) is 22.3 Å². The van der Waals surface area contributed by atoms with Gasteiger partial charge in [-0.1, -0.05) is 12.1 Å². The van der Waals surface area contributed by atoms with E-state index in [0.29, 0.717) is 5.76 Å². The summed E-state index contributed by atoms with van der Waals surface area (Å²) in [5, 5.41) is 23.3. The Balaban J connectivity index is 1.86. The molecular weight excluding hydrogens is 348 g/mol. The fourth-order valence-corrected chi connectivity index (χ4v) is 3.40. The molecule has 0 bridgehead atoms. The number of nitrogens with one attached hydrogen (secondary N) is 1. The highest BCUT2D eigenvalue weighted by Gasteiger charge is 2.19. The topological polar surface area (TPSA) is 95.2 Å². The van der Waals surface area contributed by atoms with Crippen LogP contribution >= 0.6 is 0 Å². The number of anilines is 1. The van der Waals surface area contributed by atoms with Crippen LogP contribution in [0.15, 0.2) is 45.6 Å². The minimum atomic E-state index is -0.408. The van der Waals surface area contributed by atoms with Crippen LogP contribution in [0.1, 0.15) is 0 Å². The SMILES string of the molecule is COc1c(O)cc(O)c2c(=O)cc(-c3cccc(N4CCNCC4)c3)oc12. The molecule has 27 heavy (non-hydrogen) atoms. The molecule has 0 unspecified atom stereocenters. The van der Waals surface area contributed by atoms with Gasteiger partial charge in [0.25, 0.3) is 0 Å². The molecule has 0 amide bonds. The van der Waals surface area contributed by atoms with E-state index in [1.807, 2.05) is 24.3 Å². The number of piperazine rings is 1. The van der Waals surface area contributed by atoms with Gasteiger partial charge in [-0.25, -0.2) is 0 Å². The Bertz CT molecular complexity index is 1050. The summed E-state index contributed by atoms with van der Waals surface area (Å²) in [4.78, 5) is 14.8. The summed E-state index contributed by atoms with van der Waals surface area (Å²) in [7, 11) is 1.36. The van der Waals surface area contributed by atoms with Gasteiger partial charge in [0.05, 0.1) is 7.11 Å². The molecule has 3 N–H and O–H groups in total. The molecule has 140 valence electrons. The van der Waals surface area contributed by atoms with E-state index in [9.17, 15) is 15.0 Å². The van der Waals surface area contributed by atoms with Gasteiger partial charge in [0, 0.05) is 49.6 Å². The third-order valence-electron chi connectivity index (χ3n) is 4.73. The molecule has 1 aromatic heterocycles. The molecule has 1 saturated heterocycles. The predicted octanol–water partition coefficient (Wildman–Crippen LogP) is 2.29. The maximum atomic E-state index is 12.6. The molecule has 1 aliphatic rings. The van der Waals surface area contributed by atoms with Crippen molar-refractivity contribution < 1.29 is 19.4 Å². The van der Waals surface area contributed by atoms with E-state index in [1.165, 1.54) is 13.2 Å². The lowest BCUT2D eigenvalue weighted by molar-refractivity contribution is 0.367. The van der Waals surface area contributed by atoms with Crippen molar-refractivity contribution in [3.05, 3.63) is 46.6 Å². The van der Waals surface area contributed by atoms with Gasteiger partial charge in [0.1, 0.15) is 16.9 Å². The second-order valence-corrected chi connectivity index (χ2v) is 6.41. The second kappa shape index (κ2) is 6.85. The van der Waals surface area contributed by atoms with Crippen molar-refractivity contribution in [2.75, 3.05) is 38.2 Å². The maximum Gasteiger partial charge on any atom is 0.204 e. The van der Waals surface area contributed by atoms with E-state index in [0.717, 1.165) is 43.5 Å². The number of ether oxygens (including phenoxy) is 1. The van der Waals surface area contributed by atoms with Crippen molar-refractivity contribution >= 4 is 16.7 Å². The van der Waals surface area contributed by atoms with Crippen LogP contribution in [0.2, 0.25) is 0 Å². The highest BCUT2D eigenvalue weighted by molar-refractivity contribution is 5.91. The summed E-state index contributed by atoms with van der Waals surface area (Å²) in [6.45, 7) is 3.65. The van der Waals surface area contributed by atoms with E-state index in [-0.39, 0.29) is 28.2 Å². The van der Waals surface area contributed by atoms with Crippen LogP contribution in [0.4, 0.5) is 5.69 Å². The second-order valence-electron chi connectivity index (χ2n) is 6.41. The van der Waals surface area contributed by atoms with Crippen molar-refractivity contribution in [1.29, 1.82) is 0 Å². The predicted molar refractivity (Wildman–Crippen MR) is 103 cm³/mol. The van der Waals surface area contributed by atoms with Gasteiger partial charge in [-0.15, -0.1) is 0 Å². The van der Waals surface area contributed by atoms with E-state index in [2.05, 4.69) is 10.2 Å². The summed E-state index contributed by atoms with van der Waals surface area (Å²) in [5.41, 5.74) is 1.39. The van der Waals surface area contributed by atoms with Crippen molar-refractivity contribution in [1.82, 2.24) is 5.32 Å². The monoisotopic (exact) mass is 368 g/mol. The van der Waals surface area contributed by atoms with Crippen LogP contribution in [-0.4, -0.2) is 43.5 Å². The molecule has 7 heteroatoms. The van der Waals surface area contributed by atoms with Crippen LogP contribution in [0, 0.1) is 0 Å². The van der Waals surface area contributed by atoms with E-state index in [1.54, 1.807) is 0 Å². The molecule has 0 spiro atoms. The number of hydrogen-bond donors (Lipinski definition) is 3. The number of methoxy groups -OCH3 is 1. The molecule has 0 aliphatic carbocycles. The lowest BCUT2D eigenvalue weighted by Crippen LogP contribution is -2.43. The lowest BCUT2D eigenvalue weighted by Gasteiger charge is -2.29. The van der Waals surface area contributed by atoms with Gasteiger partial charge in [-0.2, -0.15) is 0 Å². The fraction of sp³-hybridized carbons (Fsp3) is 0.250. The molecule has 7 nitrogen and oxygen atoms in total. The Morgan fingerprint density at radius 1 is 1.11 bits per heavy atom. The molecular formula is C20H20N2O5. The van der Waals surface area contributed by atoms with Gasteiger partial charge < -0.3 is 29.6 Å². The molecule has 1 aliphatic heterocycles. The van der Waals surface area contributed by atoms with Crippen LogP contribution < -0.4 is 20.4 Å². The van der Waals surface area contributed by atoms with Crippen LogP contribution in [0.5, 0.6) is 17.2 Å². The number of aromatic hydroxyl groups is 2. The number of phenols is 2. The average molecular weight is 368 g/mol. The Hall–Kier alpha value is -3.19. The zero-order chi connectivity index (χ0) is 19.0. The molecule has 2 aromatic carbocycles. The van der Waals surface area contributed by atoms with Gasteiger partial charge in [0.2, 0.25) is 5.75 Å². The summed E-state index contributed by atoms with van der Waals surface area (Å²) < 4.78 is 11.0. The van der Waals surface area contributed by atoms with Crippen molar-refractivity contribution in [3.8, 4) is 28.6 Å². The van der Waals surface area contributed by atoms with E-state index < -0.39 is 5.43 Å². The minimum Gasteiger partial charge on any atom is -0.507 e. The Morgan fingerprint density at radius 2 is 1.89 bits per heavy atom. The van der Waals surface area contributed by atoms with Gasteiger partial charge >= 0.3 is 0 Å². The number of hydrogen-bond acceptors (Lipinski definition) is 7. The first-order valence-electron chi connectivity index (χ1n) is 8.71. The zero-order valence-corrected chi connectivity index (χ0v) is 14.9. The van der Waals surface area contributed by atoms with Gasteiger partial charge in [0.15, 0.2) is 16.8 Å². The average Bonchev–Trinajstić information content (AvgIpc) is 2.68. The highest BCUT2D eigenvalue weighted by atomic mass is 16.5. The van der Waals surface area contributed by atoms with Crippen molar-refractivity contribution in [2.24, 2.45) is 0 Å². The van der Waals surface area contributed by atoms with Gasteiger partial charge in [-0.05, 0) is 12.1 Å². The summed E-state index contributed by atoms with van der Waals surface area (Å²) >= 11 is 0. The molecule has 0 radical (unpaired) electrons. The first-order valence-corrected chi connectivity index (χ1v) is 8.71. The molecule has 4 rings (SSSR count). The minimum absolute atomic E-state index is 0.0139. The Labute approximate surface area is 155 Å². The van der Waals surface area contributed by atoms with Crippen LogP contribution in [-0.2, 0) is 0 Å². The molecule has 0 saturated carbocycles. The Morgan fingerprint density at radius 3 is 2.63 bits per heavy atom. The normalized spacial score (nSPS) is 14.5. The number of fused-ring (bicyclic) bond motifs is 1. The van der Waals surface area contributed by atoms with Crippen molar-refractivity contribution in [3.63, 3.8) is 0 Å². The standard InChI is InChI=1S/C20H20N2O5/c1-26-19-16(25)10-14(23)18-15(24)11-17(27-20(18)19)12-3-2-4-13(9-12)22-7-5-21-6-8-22/h2-4,9-11,21,23,25H,5-8H2,1H3. The molecule has 2 heterocycles. The molecule has 0 atom stereocenters. The first-order chi connectivity index (χ1) is 13.1. The largest absolute Gasteiger partial charge is 0.507 e. The molecule has 3 aromatic rings. The quantitative estimate of drug-likeness (QED) is 0.653. The third kappa shape index (κ3) is 3.06. The number of benzene rings is 2. The van der Waals surface area contributed by atoms with E-state index in [4.69, 9.17) is 9.15 Å². The summed E-state index contributed by atoms with van der Waals surface area (Å²) in [5.74, 6) is -0.289. The zero-order valence-electron chi connectivity index (χ0n) is 14.9. The van der Waals surface area contributed by atoms with Crippen LogP contribution in [0.3, 0.4) is 0 Å². The number of phenolic OH excluding ortho intramolecular Hbond substituents is 2. The number of rotatable bonds is 3. The highest BCUT2D eigenvalue weighted by Crippen LogP contribution is 2.40. The number of nitrogens with zero attached hydrogens (tertiary/aromatic N) is 1. The van der Waals surface area contributed by atoms with Gasteiger partial charge in [-0.3, -0.25) is 4.79 Å². The lowest BCUT2D eigenvalue weighted by atomic mass is 10.1. The van der Waals surface area contributed by atoms with E-state index >= 15 is 0 Å². The molecule has 1 fully saturated rings. The first kappa shape index (κ1) is 17.2.